The van der Waals surface area contributed by atoms with E-state index in [9.17, 15) is 0 Å². The summed E-state index contributed by atoms with van der Waals surface area (Å²) < 4.78 is 10.7. The molecule has 0 bridgehead atoms. The molecule has 2 heterocycles. The van der Waals surface area contributed by atoms with Crippen LogP contribution in [0.15, 0.2) is 4.99 Å². The van der Waals surface area contributed by atoms with Crippen LogP contribution < -0.4 is 0 Å². The number of aliphatic imine (C=N–C) groups is 1. The fraction of sp³-hybridized carbons (Fsp3) is 0.875. The highest BCUT2D eigenvalue weighted by Gasteiger charge is 2.37. The second-order valence-corrected chi connectivity index (χ2v) is 3.30. The van der Waals surface area contributed by atoms with Gasteiger partial charge >= 0.3 is 0 Å². The van der Waals surface area contributed by atoms with Crippen molar-refractivity contribution in [3.63, 3.8) is 0 Å². The van der Waals surface area contributed by atoms with Gasteiger partial charge in [-0.3, -0.25) is 0 Å². The maximum Gasteiger partial charge on any atom is 0.180 e. The average Bonchev–Trinajstić information content (AvgIpc) is 2.34. The quantitative estimate of drug-likeness (QED) is 0.522. The zero-order chi connectivity index (χ0) is 7.73. The summed E-state index contributed by atoms with van der Waals surface area (Å²) in [5.41, 5.74) is -0.0116. The maximum absolute atomic E-state index is 5.37. The van der Waals surface area contributed by atoms with Crippen LogP contribution in [0.4, 0.5) is 0 Å². The standard InChI is InChI=1S/C8H13NO2/c1-7-9-8(6-11-7)3-2-4-10-5-8/h2-6H2,1H3. The molecule has 1 fully saturated rings. The highest BCUT2D eigenvalue weighted by Crippen LogP contribution is 2.27. The van der Waals surface area contributed by atoms with Gasteiger partial charge in [-0.25, -0.2) is 4.99 Å². The Kier molecular flexibility index (Phi) is 1.60. The Morgan fingerprint density at radius 3 is 2.91 bits per heavy atom. The van der Waals surface area contributed by atoms with E-state index in [2.05, 4.69) is 4.99 Å². The van der Waals surface area contributed by atoms with E-state index >= 15 is 0 Å². The first-order valence-electron chi connectivity index (χ1n) is 4.08. The summed E-state index contributed by atoms with van der Waals surface area (Å²) in [6, 6.07) is 0. The predicted octanol–water partition coefficient (Wildman–Crippen LogP) is 0.984. The lowest BCUT2D eigenvalue weighted by molar-refractivity contribution is 0.0281. The van der Waals surface area contributed by atoms with Gasteiger partial charge in [0.2, 0.25) is 0 Å². The predicted molar refractivity (Wildman–Crippen MR) is 41.8 cm³/mol. The zero-order valence-electron chi connectivity index (χ0n) is 6.80. The molecular weight excluding hydrogens is 142 g/mol. The van der Waals surface area contributed by atoms with Gasteiger partial charge in [-0.2, -0.15) is 0 Å². The summed E-state index contributed by atoms with van der Waals surface area (Å²) in [4.78, 5) is 4.45. The molecule has 2 rings (SSSR count). The monoisotopic (exact) mass is 155 g/mol. The molecule has 62 valence electrons. The van der Waals surface area contributed by atoms with Crippen molar-refractivity contribution in [1.82, 2.24) is 0 Å². The number of ether oxygens (including phenoxy) is 2. The summed E-state index contributed by atoms with van der Waals surface area (Å²) >= 11 is 0. The maximum atomic E-state index is 5.37. The van der Waals surface area contributed by atoms with Crippen LogP contribution in [0.2, 0.25) is 0 Å². The molecule has 0 amide bonds. The molecule has 3 nitrogen and oxygen atoms in total. The van der Waals surface area contributed by atoms with Gasteiger partial charge in [0.25, 0.3) is 0 Å². The minimum atomic E-state index is -0.0116. The second-order valence-electron chi connectivity index (χ2n) is 3.30. The first-order valence-corrected chi connectivity index (χ1v) is 4.08. The molecular formula is C8H13NO2. The van der Waals surface area contributed by atoms with Crippen LogP contribution in [0.5, 0.6) is 0 Å². The molecule has 0 aliphatic carbocycles. The van der Waals surface area contributed by atoms with Crippen molar-refractivity contribution in [3.05, 3.63) is 0 Å². The third-order valence-corrected chi connectivity index (χ3v) is 2.25. The van der Waals surface area contributed by atoms with Crippen LogP contribution in [-0.4, -0.2) is 31.3 Å². The molecule has 0 aromatic heterocycles. The van der Waals surface area contributed by atoms with Crippen LogP contribution in [0.25, 0.3) is 0 Å². The van der Waals surface area contributed by atoms with E-state index in [1.54, 1.807) is 0 Å². The van der Waals surface area contributed by atoms with Crippen molar-refractivity contribution in [2.24, 2.45) is 4.99 Å². The van der Waals surface area contributed by atoms with Crippen LogP contribution in [0.1, 0.15) is 19.8 Å². The van der Waals surface area contributed by atoms with Gasteiger partial charge in [-0.1, -0.05) is 0 Å². The fourth-order valence-corrected chi connectivity index (χ4v) is 1.68. The molecule has 0 aromatic rings. The van der Waals surface area contributed by atoms with Gasteiger partial charge < -0.3 is 9.47 Å². The van der Waals surface area contributed by atoms with Crippen molar-refractivity contribution >= 4 is 5.90 Å². The third kappa shape index (κ3) is 1.25. The molecule has 2 aliphatic heterocycles. The molecule has 0 N–H and O–H groups in total. The molecule has 3 heteroatoms. The molecule has 0 aromatic carbocycles. The lowest BCUT2D eigenvalue weighted by atomic mass is 9.95. The Morgan fingerprint density at radius 1 is 1.45 bits per heavy atom. The molecule has 1 atom stereocenters. The van der Waals surface area contributed by atoms with Crippen molar-refractivity contribution in [2.75, 3.05) is 19.8 Å². The SMILES string of the molecule is CC1=NC2(CCCOC2)CO1. The number of rotatable bonds is 0. The Labute approximate surface area is 66.4 Å². The number of nitrogens with zero attached hydrogens (tertiary/aromatic N) is 1. The zero-order valence-corrected chi connectivity index (χ0v) is 6.80. The Balaban J connectivity index is 2.09. The normalized spacial score (nSPS) is 37.0. The number of hydrogen-bond acceptors (Lipinski definition) is 3. The molecule has 1 spiro atoms. The van der Waals surface area contributed by atoms with Gasteiger partial charge in [-0.05, 0) is 12.8 Å². The highest BCUT2D eigenvalue weighted by molar-refractivity contribution is 5.75. The average molecular weight is 155 g/mol. The summed E-state index contributed by atoms with van der Waals surface area (Å²) in [5.74, 6) is 0.815. The van der Waals surface area contributed by atoms with Gasteiger partial charge in [0, 0.05) is 13.5 Å². The third-order valence-electron chi connectivity index (χ3n) is 2.25. The van der Waals surface area contributed by atoms with Crippen molar-refractivity contribution in [3.8, 4) is 0 Å². The smallest absolute Gasteiger partial charge is 0.180 e. The molecule has 1 saturated heterocycles. The van der Waals surface area contributed by atoms with E-state index in [1.165, 1.54) is 0 Å². The first kappa shape index (κ1) is 7.10. The van der Waals surface area contributed by atoms with Gasteiger partial charge in [-0.15, -0.1) is 0 Å². The minimum Gasteiger partial charge on any atom is -0.479 e. The lowest BCUT2D eigenvalue weighted by Gasteiger charge is -2.28. The first-order chi connectivity index (χ1) is 5.31. The largest absolute Gasteiger partial charge is 0.479 e. The second kappa shape index (κ2) is 2.48. The molecule has 0 saturated carbocycles. The van der Waals surface area contributed by atoms with Crippen molar-refractivity contribution in [2.45, 2.75) is 25.3 Å². The number of hydrogen-bond donors (Lipinski definition) is 0. The van der Waals surface area contributed by atoms with E-state index in [4.69, 9.17) is 9.47 Å². The summed E-state index contributed by atoms with van der Waals surface area (Å²) in [5, 5.41) is 0. The molecule has 11 heavy (non-hydrogen) atoms. The molecule has 1 unspecified atom stereocenters. The van der Waals surface area contributed by atoms with E-state index in [0.29, 0.717) is 0 Å². The molecule has 0 radical (unpaired) electrons. The van der Waals surface area contributed by atoms with Gasteiger partial charge in [0.1, 0.15) is 12.1 Å². The Morgan fingerprint density at radius 2 is 2.36 bits per heavy atom. The van der Waals surface area contributed by atoms with Crippen LogP contribution in [0, 0.1) is 0 Å². The summed E-state index contributed by atoms with van der Waals surface area (Å²) in [6.45, 7) is 4.25. The topological polar surface area (TPSA) is 30.8 Å². The van der Waals surface area contributed by atoms with E-state index in [1.807, 2.05) is 6.92 Å². The van der Waals surface area contributed by atoms with Crippen molar-refractivity contribution in [1.29, 1.82) is 0 Å². The highest BCUT2D eigenvalue weighted by atomic mass is 16.5. The summed E-state index contributed by atoms with van der Waals surface area (Å²) in [7, 11) is 0. The summed E-state index contributed by atoms with van der Waals surface area (Å²) in [6.07, 6.45) is 2.23. The van der Waals surface area contributed by atoms with E-state index in [-0.39, 0.29) is 5.54 Å². The van der Waals surface area contributed by atoms with Gasteiger partial charge in [0.05, 0.1) is 6.61 Å². The van der Waals surface area contributed by atoms with Crippen LogP contribution >= 0.6 is 0 Å². The molecule has 2 aliphatic rings. The van der Waals surface area contributed by atoms with Crippen molar-refractivity contribution < 1.29 is 9.47 Å². The Bertz CT molecular complexity index is 183. The Hall–Kier alpha value is -0.570. The van der Waals surface area contributed by atoms with E-state index < -0.39 is 0 Å². The van der Waals surface area contributed by atoms with Gasteiger partial charge in [0.15, 0.2) is 5.90 Å². The van der Waals surface area contributed by atoms with E-state index in [0.717, 1.165) is 38.6 Å². The lowest BCUT2D eigenvalue weighted by Crippen LogP contribution is -2.38. The van der Waals surface area contributed by atoms with Crippen LogP contribution in [0.3, 0.4) is 0 Å². The van der Waals surface area contributed by atoms with Crippen LogP contribution in [-0.2, 0) is 9.47 Å². The minimum absolute atomic E-state index is 0.0116. The fourth-order valence-electron chi connectivity index (χ4n) is 1.68.